The van der Waals surface area contributed by atoms with Crippen LogP contribution >= 0.6 is 0 Å². The molecule has 8 heteroatoms. The van der Waals surface area contributed by atoms with Gasteiger partial charge in [0.25, 0.3) is 0 Å². The van der Waals surface area contributed by atoms with E-state index in [9.17, 15) is 13.7 Å². The molecule has 0 bridgehead atoms. The summed E-state index contributed by atoms with van der Waals surface area (Å²) < 4.78 is 41.7. The molecule has 4 aromatic rings. The molecule has 1 aromatic heterocycles. The third-order valence-corrected chi connectivity index (χ3v) is 5.70. The van der Waals surface area contributed by atoms with E-state index in [1.165, 1.54) is 18.2 Å². The minimum atomic E-state index is -4.03. The normalized spacial score (nSPS) is 11.8. The summed E-state index contributed by atoms with van der Waals surface area (Å²) in [5.74, 6) is 0.475. The first kappa shape index (κ1) is 21.2. The number of hydrogen-bond acceptors (Lipinski definition) is 7. The average molecular weight is 446 g/mol. The van der Waals surface area contributed by atoms with Crippen LogP contribution in [0, 0.1) is 11.3 Å². The molecule has 0 saturated carbocycles. The van der Waals surface area contributed by atoms with Gasteiger partial charge in [-0.1, -0.05) is 36.4 Å². The lowest BCUT2D eigenvalue weighted by Crippen LogP contribution is -2.10. The zero-order valence-corrected chi connectivity index (χ0v) is 17.9. The fraction of sp³-hybridized carbons (Fsp3) is 0.0833. The first-order valence-electron chi connectivity index (χ1n) is 9.74. The lowest BCUT2D eigenvalue weighted by atomic mass is 10.1. The highest BCUT2D eigenvalue weighted by atomic mass is 32.2. The van der Waals surface area contributed by atoms with Crippen LogP contribution in [0.25, 0.3) is 22.7 Å². The van der Waals surface area contributed by atoms with E-state index in [0.29, 0.717) is 23.3 Å². The average Bonchev–Trinajstić information content (AvgIpc) is 3.24. The van der Waals surface area contributed by atoms with Crippen molar-refractivity contribution in [2.75, 3.05) is 6.61 Å². The van der Waals surface area contributed by atoms with E-state index in [1.54, 1.807) is 55.5 Å². The van der Waals surface area contributed by atoms with Crippen LogP contribution in [0.3, 0.4) is 0 Å². The SMILES string of the molecule is CCOc1cc(/C=C(\C#N)c2nc3ccccc3o2)ccc1OS(=O)(=O)c1ccccc1. The fourth-order valence-electron chi connectivity index (χ4n) is 3.00. The van der Waals surface area contributed by atoms with Crippen LogP contribution in [0.5, 0.6) is 11.5 Å². The molecule has 0 fully saturated rings. The van der Waals surface area contributed by atoms with Crippen LogP contribution in [0.1, 0.15) is 18.4 Å². The molecule has 7 nitrogen and oxygen atoms in total. The third kappa shape index (κ3) is 4.48. The van der Waals surface area contributed by atoms with Gasteiger partial charge in [0.05, 0.1) is 6.61 Å². The Morgan fingerprint density at radius 3 is 2.53 bits per heavy atom. The number of nitrogens with zero attached hydrogens (tertiary/aromatic N) is 2. The van der Waals surface area contributed by atoms with Gasteiger partial charge in [-0.3, -0.25) is 0 Å². The van der Waals surface area contributed by atoms with Gasteiger partial charge in [0.1, 0.15) is 22.1 Å². The molecular formula is C24H18N2O5S. The van der Waals surface area contributed by atoms with Crippen LogP contribution in [-0.2, 0) is 10.1 Å². The molecule has 0 atom stereocenters. The van der Waals surface area contributed by atoms with Gasteiger partial charge in [0.15, 0.2) is 17.1 Å². The molecule has 0 unspecified atom stereocenters. The molecule has 0 aliphatic carbocycles. The van der Waals surface area contributed by atoms with Crippen LogP contribution in [0.15, 0.2) is 82.1 Å². The summed E-state index contributed by atoms with van der Waals surface area (Å²) in [6.07, 6.45) is 1.59. The molecule has 4 rings (SSSR count). The number of rotatable bonds is 7. The molecule has 0 saturated heterocycles. The Morgan fingerprint density at radius 1 is 1.06 bits per heavy atom. The largest absolute Gasteiger partial charge is 0.490 e. The van der Waals surface area contributed by atoms with Crippen LogP contribution < -0.4 is 8.92 Å². The molecule has 1 heterocycles. The molecule has 0 aliphatic rings. The molecule has 32 heavy (non-hydrogen) atoms. The quantitative estimate of drug-likeness (QED) is 0.289. The molecular weight excluding hydrogens is 428 g/mol. The van der Waals surface area contributed by atoms with E-state index < -0.39 is 10.1 Å². The number of nitriles is 1. The summed E-state index contributed by atoms with van der Waals surface area (Å²) in [5.41, 5.74) is 2.04. The van der Waals surface area contributed by atoms with Crippen molar-refractivity contribution in [3.8, 4) is 17.6 Å². The van der Waals surface area contributed by atoms with Gasteiger partial charge in [-0.2, -0.15) is 13.7 Å². The lowest BCUT2D eigenvalue weighted by molar-refractivity contribution is 0.327. The van der Waals surface area contributed by atoms with Gasteiger partial charge in [0, 0.05) is 0 Å². The molecule has 0 N–H and O–H groups in total. The van der Waals surface area contributed by atoms with Gasteiger partial charge in [0.2, 0.25) is 5.89 Å². The minimum Gasteiger partial charge on any atom is -0.490 e. The zero-order chi connectivity index (χ0) is 22.6. The number of allylic oxidation sites excluding steroid dienone is 1. The summed E-state index contributed by atoms with van der Waals surface area (Å²) >= 11 is 0. The maximum Gasteiger partial charge on any atom is 0.339 e. The number of para-hydroxylation sites is 2. The number of oxazole rings is 1. The Kier molecular flexibility index (Phi) is 5.92. The van der Waals surface area contributed by atoms with Gasteiger partial charge in [-0.05, 0) is 55.0 Å². The number of aromatic nitrogens is 1. The molecule has 160 valence electrons. The fourth-order valence-corrected chi connectivity index (χ4v) is 3.96. The number of benzene rings is 3. The second kappa shape index (κ2) is 8.96. The molecule has 3 aromatic carbocycles. The smallest absolute Gasteiger partial charge is 0.339 e. The first-order valence-corrected chi connectivity index (χ1v) is 11.1. The topological polar surface area (TPSA) is 102 Å². The Bertz CT molecular complexity index is 1400. The van der Waals surface area contributed by atoms with Crippen molar-refractivity contribution in [3.63, 3.8) is 0 Å². The van der Waals surface area contributed by atoms with Gasteiger partial charge in [-0.25, -0.2) is 4.98 Å². The van der Waals surface area contributed by atoms with Crippen molar-refractivity contribution < 1.29 is 21.8 Å². The van der Waals surface area contributed by atoms with E-state index in [0.717, 1.165) is 0 Å². The maximum atomic E-state index is 12.6. The van der Waals surface area contributed by atoms with E-state index in [4.69, 9.17) is 13.3 Å². The van der Waals surface area contributed by atoms with Gasteiger partial charge < -0.3 is 13.3 Å². The highest BCUT2D eigenvalue weighted by molar-refractivity contribution is 7.87. The van der Waals surface area contributed by atoms with Gasteiger partial charge in [-0.15, -0.1) is 0 Å². The standard InChI is InChI=1S/C24H18N2O5S/c1-2-29-23-15-17(12-13-22(23)31-32(27,28)19-8-4-3-5-9-19)14-18(16-25)24-26-20-10-6-7-11-21(20)30-24/h3-15H,2H2,1H3/b18-14+. The summed E-state index contributed by atoms with van der Waals surface area (Å²) in [5, 5.41) is 9.62. The zero-order valence-electron chi connectivity index (χ0n) is 17.1. The predicted octanol–water partition coefficient (Wildman–Crippen LogP) is 5.06. The lowest BCUT2D eigenvalue weighted by Gasteiger charge is -2.12. The van der Waals surface area contributed by atoms with Crippen molar-refractivity contribution >= 4 is 32.9 Å². The second-order valence-corrected chi connectivity index (χ2v) is 8.19. The molecule has 0 spiro atoms. The van der Waals surface area contributed by atoms with Crippen LogP contribution in [-0.4, -0.2) is 20.0 Å². The van der Waals surface area contributed by atoms with Crippen molar-refractivity contribution in [2.45, 2.75) is 11.8 Å². The molecule has 0 amide bonds. The molecule has 0 radical (unpaired) electrons. The Labute approximate surface area is 185 Å². The van der Waals surface area contributed by atoms with E-state index in [1.807, 2.05) is 12.1 Å². The van der Waals surface area contributed by atoms with Crippen molar-refractivity contribution in [3.05, 3.63) is 84.3 Å². The summed E-state index contributed by atoms with van der Waals surface area (Å²) in [4.78, 5) is 4.38. The summed E-state index contributed by atoms with van der Waals surface area (Å²) in [6, 6.07) is 21.9. The van der Waals surface area contributed by atoms with E-state index in [-0.39, 0.29) is 27.9 Å². The highest BCUT2D eigenvalue weighted by Crippen LogP contribution is 2.32. The van der Waals surface area contributed by atoms with Gasteiger partial charge >= 0.3 is 10.1 Å². The number of hydrogen-bond donors (Lipinski definition) is 0. The number of fused-ring (bicyclic) bond motifs is 1. The molecule has 0 aliphatic heterocycles. The van der Waals surface area contributed by atoms with Crippen LogP contribution in [0.4, 0.5) is 0 Å². The highest BCUT2D eigenvalue weighted by Gasteiger charge is 2.19. The summed E-state index contributed by atoms with van der Waals surface area (Å²) in [7, 11) is -4.03. The van der Waals surface area contributed by atoms with Crippen molar-refractivity contribution in [1.29, 1.82) is 5.26 Å². The van der Waals surface area contributed by atoms with Crippen molar-refractivity contribution in [1.82, 2.24) is 4.98 Å². The first-order chi connectivity index (χ1) is 15.5. The Morgan fingerprint density at radius 2 is 1.81 bits per heavy atom. The Hall–Kier alpha value is -4.09. The van der Waals surface area contributed by atoms with E-state index in [2.05, 4.69) is 11.1 Å². The third-order valence-electron chi connectivity index (χ3n) is 4.45. The summed E-state index contributed by atoms with van der Waals surface area (Å²) in [6.45, 7) is 2.07. The second-order valence-electron chi connectivity index (χ2n) is 6.65. The Balaban J connectivity index is 1.68. The monoisotopic (exact) mass is 446 g/mol. The van der Waals surface area contributed by atoms with Crippen molar-refractivity contribution in [2.24, 2.45) is 0 Å². The predicted molar refractivity (Wildman–Crippen MR) is 119 cm³/mol. The maximum absolute atomic E-state index is 12.6. The number of ether oxygens (including phenoxy) is 1. The minimum absolute atomic E-state index is 0.0362. The van der Waals surface area contributed by atoms with E-state index >= 15 is 0 Å². The van der Waals surface area contributed by atoms with Crippen LogP contribution in [0.2, 0.25) is 0 Å².